The zero-order valence-electron chi connectivity index (χ0n) is 8.92. The second kappa shape index (κ2) is 5.32. The summed E-state index contributed by atoms with van der Waals surface area (Å²) >= 11 is 5.83. The molecule has 0 saturated carbocycles. The van der Waals surface area contributed by atoms with Gasteiger partial charge in [0.2, 0.25) is 0 Å². The Morgan fingerprint density at radius 1 is 1.62 bits per heavy atom. The van der Waals surface area contributed by atoms with Crippen molar-refractivity contribution in [2.45, 2.75) is 12.8 Å². The number of nitrogens with zero attached hydrogens (tertiary/aromatic N) is 1. The minimum absolute atomic E-state index is 0.131. The highest BCUT2D eigenvalue weighted by molar-refractivity contribution is 6.32. The lowest BCUT2D eigenvalue weighted by Gasteiger charge is -2.23. The van der Waals surface area contributed by atoms with E-state index in [1.165, 1.54) is 19.2 Å². The number of anilines is 1. The Bertz CT molecular complexity index is 400. The summed E-state index contributed by atoms with van der Waals surface area (Å²) in [6, 6.07) is 0. The van der Waals surface area contributed by atoms with Gasteiger partial charge in [0, 0.05) is 6.54 Å². The van der Waals surface area contributed by atoms with Crippen LogP contribution in [0.4, 0.5) is 5.82 Å². The molecule has 0 aliphatic carbocycles. The number of hydrogen-bond donors (Lipinski definition) is 3. The Labute approximate surface area is 98.6 Å². The molecule has 1 aromatic heterocycles. The van der Waals surface area contributed by atoms with Crippen LogP contribution in [-0.2, 0) is 0 Å². The summed E-state index contributed by atoms with van der Waals surface area (Å²) in [4.78, 5) is 17.6. The van der Waals surface area contributed by atoms with Gasteiger partial charge in [0.05, 0.1) is 6.33 Å². The standard InChI is InChI=1S/C10H15ClN4O/c11-8-9(14-6-15-10(8)16)13-5-7-2-1-3-12-4-7/h6-7,12H,1-5H2,(H2,13,14,15,16). The molecule has 6 heteroatoms. The van der Waals surface area contributed by atoms with E-state index >= 15 is 0 Å². The van der Waals surface area contributed by atoms with E-state index in [4.69, 9.17) is 11.6 Å². The van der Waals surface area contributed by atoms with Crippen LogP contribution in [0.25, 0.3) is 0 Å². The van der Waals surface area contributed by atoms with Crippen LogP contribution in [0.3, 0.4) is 0 Å². The fourth-order valence-corrected chi connectivity index (χ4v) is 2.02. The van der Waals surface area contributed by atoms with Crippen molar-refractivity contribution in [3.8, 4) is 0 Å². The van der Waals surface area contributed by atoms with E-state index in [1.807, 2.05) is 0 Å². The van der Waals surface area contributed by atoms with E-state index in [9.17, 15) is 4.79 Å². The van der Waals surface area contributed by atoms with Gasteiger partial charge in [-0.25, -0.2) is 4.98 Å². The minimum Gasteiger partial charge on any atom is -0.368 e. The zero-order valence-corrected chi connectivity index (χ0v) is 9.68. The SMILES string of the molecule is O=c1[nH]cnc(NCC2CCCNC2)c1Cl. The van der Waals surface area contributed by atoms with Crippen molar-refractivity contribution in [2.75, 3.05) is 25.0 Å². The number of aromatic amines is 1. The third-order valence-electron chi connectivity index (χ3n) is 2.75. The summed E-state index contributed by atoms with van der Waals surface area (Å²) in [5.41, 5.74) is -0.305. The summed E-state index contributed by atoms with van der Waals surface area (Å²) in [5.74, 6) is 1.04. The molecule has 88 valence electrons. The average Bonchev–Trinajstić information content (AvgIpc) is 2.32. The molecule has 1 saturated heterocycles. The number of H-pyrrole nitrogens is 1. The first-order valence-electron chi connectivity index (χ1n) is 5.45. The van der Waals surface area contributed by atoms with E-state index < -0.39 is 0 Å². The Kier molecular flexibility index (Phi) is 3.79. The maximum absolute atomic E-state index is 11.2. The molecule has 2 rings (SSSR count). The Morgan fingerprint density at radius 2 is 2.50 bits per heavy atom. The molecule has 1 aliphatic rings. The number of piperidine rings is 1. The molecule has 16 heavy (non-hydrogen) atoms. The minimum atomic E-state index is -0.305. The Balaban J connectivity index is 1.93. The molecule has 0 bridgehead atoms. The van der Waals surface area contributed by atoms with Gasteiger partial charge in [0.1, 0.15) is 5.02 Å². The average molecular weight is 243 g/mol. The number of hydrogen-bond acceptors (Lipinski definition) is 4. The van der Waals surface area contributed by atoms with Crippen LogP contribution >= 0.6 is 11.6 Å². The van der Waals surface area contributed by atoms with E-state index in [1.54, 1.807) is 0 Å². The van der Waals surface area contributed by atoms with E-state index in [0.29, 0.717) is 11.7 Å². The Morgan fingerprint density at radius 3 is 3.25 bits per heavy atom. The lowest BCUT2D eigenvalue weighted by atomic mass is 10.00. The number of aromatic nitrogens is 2. The molecule has 1 atom stereocenters. The molecule has 0 amide bonds. The van der Waals surface area contributed by atoms with Gasteiger partial charge in [0.25, 0.3) is 5.56 Å². The van der Waals surface area contributed by atoms with Crippen molar-refractivity contribution in [2.24, 2.45) is 5.92 Å². The lowest BCUT2D eigenvalue weighted by Crippen LogP contribution is -2.33. The fraction of sp³-hybridized carbons (Fsp3) is 0.600. The highest BCUT2D eigenvalue weighted by atomic mass is 35.5. The van der Waals surface area contributed by atoms with E-state index in [-0.39, 0.29) is 10.6 Å². The fourth-order valence-electron chi connectivity index (χ4n) is 1.85. The van der Waals surface area contributed by atoms with Crippen molar-refractivity contribution >= 4 is 17.4 Å². The first-order chi connectivity index (χ1) is 7.77. The van der Waals surface area contributed by atoms with E-state index in [0.717, 1.165) is 19.6 Å². The first-order valence-corrected chi connectivity index (χ1v) is 5.83. The molecule has 1 aliphatic heterocycles. The summed E-state index contributed by atoms with van der Waals surface area (Å²) in [5, 5.41) is 6.59. The van der Waals surface area contributed by atoms with Crippen molar-refractivity contribution in [3.05, 3.63) is 21.7 Å². The van der Waals surface area contributed by atoms with Crippen LogP contribution in [0.15, 0.2) is 11.1 Å². The smallest absolute Gasteiger partial charge is 0.271 e. The predicted molar refractivity (Wildman–Crippen MR) is 64.0 cm³/mol. The summed E-state index contributed by atoms with van der Waals surface area (Å²) in [6.07, 6.45) is 3.75. The maximum Gasteiger partial charge on any atom is 0.271 e. The second-order valence-electron chi connectivity index (χ2n) is 3.99. The molecular formula is C10H15ClN4O. The molecule has 5 nitrogen and oxygen atoms in total. The number of halogens is 1. The highest BCUT2D eigenvalue weighted by Crippen LogP contribution is 2.15. The zero-order chi connectivity index (χ0) is 11.4. The van der Waals surface area contributed by atoms with Gasteiger partial charge in [-0.3, -0.25) is 4.79 Å². The topological polar surface area (TPSA) is 69.8 Å². The van der Waals surface area contributed by atoms with Crippen LogP contribution in [0.5, 0.6) is 0 Å². The van der Waals surface area contributed by atoms with Crippen LogP contribution < -0.4 is 16.2 Å². The largest absolute Gasteiger partial charge is 0.368 e. The quantitative estimate of drug-likeness (QED) is 0.735. The summed E-state index contributed by atoms with van der Waals surface area (Å²) in [6.45, 7) is 2.90. The normalized spacial score (nSPS) is 20.7. The monoisotopic (exact) mass is 242 g/mol. The maximum atomic E-state index is 11.2. The van der Waals surface area contributed by atoms with Crippen molar-refractivity contribution in [3.63, 3.8) is 0 Å². The van der Waals surface area contributed by atoms with Gasteiger partial charge in [-0.05, 0) is 31.8 Å². The molecule has 0 radical (unpaired) electrons. The van der Waals surface area contributed by atoms with Crippen LogP contribution in [-0.4, -0.2) is 29.6 Å². The summed E-state index contributed by atoms with van der Waals surface area (Å²) < 4.78 is 0. The second-order valence-corrected chi connectivity index (χ2v) is 4.37. The predicted octanol–water partition coefficient (Wildman–Crippen LogP) is 0.835. The van der Waals surface area contributed by atoms with Gasteiger partial charge in [-0.1, -0.05) is 11.6 Å². The summed E-state index contributed by atoms with van der Waals surface area (Å²) in [7, 11) is 0. The van der Waals surface area contributed by atoms with Crippen molar-refractivity contribution in [1.29, 1.82) is 0 Å². The lowest BCUT2D eigenvalue weighted by molar-refractivity contribution is 0.392. The first kappa shape index (κ1) is 11.4. The van der Waals surface area contributed by atoms with Crippen LogP contribution in [0.2, 0.25) is 5.02 Å². The van der Waals surface area contributed by atoms with E-state index in [2.05, 4.69) is 20.6 Å². The van der Waals surface area contributed by atoms with Crippen molar-refractivity contribution in [1.82, 2.24) is 15.3 Å². The number of rotatable bonds is 3. The molecule has 1 unspecified atom stereocenters. The van der Waals surface area contributed by atoms with Gasteiger partial charge in [-0.15, -0.1) is 0 Å². The van der Waals surface area contributed by atoms with Crippen molar-refractivity contribution < 1.29 is 0 Å². The molecular weight excluding hydrogens is 228 g/mol. The van der Waals surface area contributed by atoms with Gasteiger partial charge in [-0.2, -0.15) is 0 Å². The van der Waals surface area contributed by atoms with Crippen LogP contribution in [0.1, 0.15) is 12.8 Å². The Hall–Kier alpha value is -1.07. The van der Waals surface area contributed by atoms with Gasteiger partial charge in [0.15, 0.2) is 5.82 Å². The molecule has 0 aromatic carbocycles. The highest BCUT2D eigenvalue weighted by Gasteiger charge is 2.13. The third-order valence-corrected chi connectivity index (χ3v) is 3.10. The van der Waals surface area contributed by atoms with Crippen LogP contribution in [0, 0.1) is 5.92 Å². The molecule has 0 spiro atoms. The van der Waals surface area contributed by atoms with Gasteiger partial charge >= 0.3 is 0 Å². The molecule has 1 fully saturated rings. The van der Waals surface area contributed by atoms with Gasteiger partial charge < -0.3 is 15.6 Å². The molecule has 3 N–H and O–H groups in total. The molecule has 2 heterocycles. The molecule has 1 aromatic rings. The third kappa shape index (κ3) is 2.74. The number of nitrogens with one attached hydrogen (secondary N) is 3.